The predicted octanol–water partition coefficient (Wildman–Crippen LogP) is 5.23. The molecule has 0 radical (unpaired) electrons. The number of benzene rings is 2. The van der Waals surface area contributed by atoms with E-state index in [4.69, 9.17) is 27.9 Å². The first-order chi connectivity index (χ1) is 11.1. The van der Waals surface area contributed by atoms with Crippen LogP contribution in [-0.2, 0) is 6.61 Å². The van der Waals surface area contributed by atoms with Gasteiger partial charge in [-0.1, -0.05) is 29.3 Å². The van der Waals surface area contributed by atoms with Crippen molar-refractivity contribution in [2.75, 3.05) is 18.0 Å². The molecule has 5 heteroatoms. The molecular weight excluding hydrogens is 333 g/mol. The van der Waals surface area contributed by atoms with Crippen LogP contribution < -0.4 is 9.64 Å². The third-order valence-electron chi connectivity index (χ3n) is 3.63. The van der Waals surface area contributed by atoms with Gasteiger partial charge in [-0.2, -0.15) is 0 Å². The van der Waals surface area contributed by atoms with E-state index >= 15 is 0 Å². The molecular formula is C18H19Cl2NO2. The summed E-state index contributed by atoms with van der Waals surface area (Å²) in [5, 5.41) is 0.993. The van der Waals surface area contributed by atoms with Gasteiger partial charge in [0, 0.05) is 24.8 Å². The molecule has 0 aromatic heterocycles. The zero-order chi connectivity index (χ0) is 16.8. The van der Waals surface area contributed by atoms with E-state index in [9.17, 15) is 4.79 Å². The molecule has 3 nitrogen and oxygen atoms in total. The van der Waals surface area contributed by atoms with Gasteiger partial charge >= 0.3 is 0 Å². The van der Waals surface area contributed by atoms with Crippen molar-refractivity contribution in [3.8, 4) is 5.75 Å². The molecule has 2 rings (SSSR count). The Morgan fingerprint density at radius 2 is 1.78 bits per heavy atom. The first-order valence-corrected chi connectivity index (χ1v) is 8.25. The Morgan fingerprint density at radius 1 is 1.04 bits per heavy atom. The number of halogens is 2. The number of carbonyl (C=O) groups is 1. The van der Waals surface area contributed by atoms with Crippen molar-refractivity contribution in [1.29, 1.82) is 0 Å². The van der Waals surface area contributed by atoms with Gasteiger partial charge in [0.1, 0.15) is 12.4 Å². The summed E-state index contributed by atoms with van der Waals surface area (Å²) in [6.07, 6.45) is 0.802. The molecule has 0 N–H and O–H groups in total. The summed E-state index contributed by atoms with van der Waals surface area (Å²) in [6, 6.07) is 11.0. The summed E-state index contributed by atoms with van der Waals surface area (Å²) in [4.78, 5) is 13.4. The predicted molar refractivity (Wildman–Crippen MR) is 96.2 cm³/mol. The molecule has 0 atom stereocenters. The smallest absolute Gasteiger partial charge is 0.153 e. The monoisotopic (exact) mass is 351 g/mol. The summed E-state index contributed by atoms with van der Waals surface area (Å²) >= 11 is 11.9. The second-order valence-electron chi connectivity index (χ2n) is 5.05. The zero-order valence-electron chi connectivity index (χ0n) is 13.2. The highest BCUT2D eigenvalue weighted by molar-refractivity contribution is 6.42. The van der Waals surface area contributed by atoms with Crippen molar-refractivity contribution in [3.63, 3.8) is 0 Å². The standard InChI is InChI=1S/C18H19Cl2NO2/c1-3-21(4-2)15-7-6-14(11-22)18(10-15)23-12-13-5-8-16(19)17(20)9-13/h5-11H,3-4,12H2,1-2H3. The number of carbonyl (C=O) groups excluding carboxylic acids is 1. The Hall–Kier alpha value is -1.71. The van der Waals surface area contributed by atoms with Gasteiger partial charge in [-0.15, -0.1) is 0 Å². The summed E-state index contributed by atoms with van der Waals surface area (Å²) in [5.74, 6) is 0.565. The van der Waals surface area contributed by atoms with E-state index in [1.807, 2.05) is 18.2 Å². The third kappa shape index (κ3) is 4.40. The number of anilines is 1. The second-order valence-corrected chi connectivity index (χ2v) is 5.86. The Bertz CT molecular complexity index is 685. The molecule has 0 aliphatic heterocycles. The minimum atomic E-state index is 0.319. The molecule has 0 saturated carbocycles. The molecule has 0 amide bonds. The molecule has 2 aromatic rings. The molecule has 2 aromatic carbocycles. The van der Waals surface area contributed by atoms with Crippen LogP contribution in [0.1, 0.15) is 29.8 Å². The van der Waals surface area contributed by atoms with Gasteiger partial charge in [0.25, 0.3) is 0 Å². The van der Waals surface area contributed by atoms with E-state index in [1.165, 1.54) is 0 Å². The lowest BCUT2D eigenvalue weighted by Gasteiger charge is -2.22. The maximum Gasteiger partial charge on any atom is 0.153 e. The number of nitrogens with zero attached hydrogens (tertiary/aromatic N) is 1. The van der Waals surface area contributed by atoms with Crippen LogP contribution in [0.2, 0.25) is 10.0 Å². The van der Waals surface area contributed by atoms with Crippen molar-refractivity contribution in [3.05, 3.63) is 57.6 Å². The van der Waals surface area contributed by atoms with Crippen LogP contribution in [0.25, 0.3) is 0 Å². The number of aldehydes is 1. The Labute approximate surface area is 146 Å². The topological polar surface area (TPSA) is 29.5 Å². The van der Waals surface area contributed by atoms with Crippen LogP contribution in [0.3, 0.4) is 0 Å². The van der Waals surface area contributed by atoms with Gasteiger partial charge in [0.05, 0.1) is 15.6 Å². The fourth-order valence-electron chi connectivity index (χ4n) is 2.32. The van der Waals surface area contributed by atoms with Crippen molar-refractivity contribution < 1.29 is 9.53 Å². The molecule has 0 bridgehead atoms. The summed E-state index contributed by atoms with van der Waals surface area (Å²) in [7, 11) is 0. The maximum atomic E-state index is 11.2. The Balaban J connectivity index is 2.21. The largest absolute Gasteiger partial charge is 0.488 e. The van der Waals surface area contributed by atoms with Gasteiger partial charge in [-0.3, -0.25) is 4.79 Å². The average molecular weight is 352 g/mol. The summed E-state index contributed by atoms with van der Waals surface area (Å²) in [5.41, 5.74) is 2.45. The fraction of sp³-hybridized carbons (Fsp3) is 0.278. The van der Waals surface area contributed by atoms with Crippen LogP contribution in [0.5, 0.6) is 5.75 Å². The Kier molecular flexibility index (Phi) is 6.31. The number of rotatable bonds is 7. The number of hydrogen-bond acceptors (Lipinski definition) is 3. The molecule has 0 unspecified atom stereocenters. The van der Waals surface area contributed by atoms with E-state index in [-0.39, 0.29) is 0 Å². The van der Waals surface area contributed by atoms with E-state index in [0.717, 1.165) is 30.6 Å². The lowest BCUT2D eigenvalue weighted by Crippen LogP contribution is -2.21. The van der Waals surface area contributed by atoms with E-state index < -0.39 is 0 Å². The second kappa shape index (κ2) is 8.23. The summed E-state index contributed by atoms with van der Waals surface area (Å²) in [6.45, 7) is 6.28. The van der Waals surface area contributed by atoms with Gasteiger partial charge in [-0.25, -0.2) is 0 Å². The van der Waals surface area contributed by atoms with Gasteiger partial charge in [-0.05, 0) is 43.7 Å². The molecule has 0 fully saturated rings. The van der Waals surface area contributed by atoms with Crippen molar-refractivity contribution in [1.82, 2.24) is 0 Å². The number of ether oxygens (including phenoxy) is 1. The van der Waals surface area contributed by atoms with E-state index in [1.54, 1.807) is 18.2 Å². The third-order valence-corrected chi connectivity index (χ3v) is 4.37. The fourth-order valence-corrected chi connectivity index (χ4v) is 2.64. The SMILES string of the molecule is CCN(CC)c1ccc(C=O)c(OCc2ccc(Cl)c(Cl)c2)c1. The van der Waals surface area contributed by atoms with Gasteiger partial charge in [0.15, 0.2) is 6.29 Å². The molecule has 0 aliphatic carbocycles. The van der Waals surface area contributed by atoms with Gasteiger partial charge < -0.3 is 9.64 Å². The van der Waals surface area contributed by atoms with Gasteiger partial charge in [0.2, 0.25) is 0 Å². The average Bonchev–Trinajstić information content (AvgIpc) is 2.57. The zero-order valence-corrected chi connectivity index (χ0v) is 14.7. The van der Waals surface area contributed by atoms with E-state index in [0.29, 0.717) is 28.0 Å². The minimum Gasteiger partial charge on any atom is -0.488 e. The lowest BCUT2D eigenvalue weighted by molar-refractivity contribution is 0.111. The van der Waals surface area contributed by atoms with Crippen LogP contribution in [0, 0.1) is 0 Å². The highest BCUT2D eigenvalue weighted by Gasteiger charge is 2.09. The molecule has 0 saturated heterocycles. The molecule has 0 heterocycles. The quantitative estimate of drug-likeness (QED) is 0.639. The van der Waals surface area contributed by atoms with Crippen LogP contribution >= 0.6 is 23.2 Å². The van der Waals surface area contributed by atoms with Crippen LogP contribution in [0.15, 0.2) is 36.4 Å². The maximum absolute atomic E-state index is 11.2. The summed E-state index contributed by atoms with van der Waals surface area (Å²) < 4.78 is 5.83. The molecule has 23 heavy (non-hydrogen) atoms. The minimum absolute atomic E-state index is 0.319. The number of hydrogen-bond donors (Lipinski definition) is 0. The van der Waals surface area contributed by atoms with Crippen LogP contribution in [0.4, 0.5) is 5.69 Å². The lowest BCUT2D eigenvalue weighted by atomic mass is 10.1. The van der Waals surface area contributed by atoms with E-state index in [2.05, 4.69) is 18.7 Å². The highest BCUT2D eigenvalue weighted by atomic mass is 35.5. The van der Waals surface area contributed by atoms with Crippen LogP contribution in [-0.4, -0.2) is 19.4 Å². The normalized spacial score (nSPS) is 10.4. The Morgan fingerprint density at radius 3 is 2.39 bits per heavy atom. The molecule has 122 valence electrons. The van der Waals surface area contributed by atoms with Crippen molar-refractivity contribution in [2.24, 2.45) is 0 Å². The molecule has 0 aliphatic rings. The first-order valence-electron chi connectivity index (χ1n) is 7.50. The highest BCUT2D eigenvalue weighted by Crippen LogP contribution is 2.27. The molecule has 0 spiro atoms. The van der Waals surface area contributed by atoms with Crippen molar-refractivity contribution in [2.45, 2.75) is 20.5 Å². The first kappa shape index (κ1) is 17.6. The van der Waals surface area contributed by atoms with Crippen molar-refractivity contribution >= 4 is 35.2 Å².